The highest BCUT2D eigenvalue weighted by Crippen LogP contribution is 2.42. The largest absolute Gasteiger partial charge is 0.454 e. The van der Waals surface area contributed by atoms with Crippen molar-refractivity contribution >= 4 is 0 Å². The average molecular weight is 205 g/mol. The highest BCUT2D eigenvalue weighted by atomic mass is 16.7. The van der Waals surface area contributed by atoms with Gasteiger partial charge < -0.3 is 9.47 Å². The summed E-state index contributed by atoms with van der Waals surface area (Å²) in [5.41, 5.74) is 2.73. The first-order valence-electron chi connectivity index (χ1n) is 5.39. The molecule has 3 nitrogen and oxygen atoms in total. The van der Waals surface area contributed by atoms with E-state index in [2.05, 4.69) is 24.9 Å². The van der Waals surface area contributed by atoms with Crippen molar-refractivity contribution in [3.63, 3.8) is 0 Å². The van der Waals surface area contributed by atoms with Gasteiger partial charge in [-0.25, -0.2) is 0 Å². The van der Waals surface area contributed by atoms with Crippen LogP contribution in [0.5, 0.6) is 11.5 Å². The van der Waals surface area contributed by atoms with Gasteiger partial charge in [-0.1, -0.05) is 6.07 Å². The van der Waals surface area contributed by atoms with E-state index in [1.807, 2.05) is 6.07 Å². The maximum absolute atomic E-state index is 5.54. The SMILES string of the molecule is CC1c2ccc3c(c2CCN1C)OCO3. The minimum absolute atomic E-state index is 0.371. The molecular weight excluding hydrogens is 190 g/mol. The predicted octanol–water partition coefficient (Wildman–Crippen LogP) is 1.96. The van der Waals surface area contributed by atoms with Gasteiger partial charge in [-0.2, -0.15) is 0 Å². The van der Waals surface area contributed by atoms with E-state index < -0.39 is 0 Å². The van der Waals surface area contributed by atoms with Gasteiger partial charge in [0.1, 0.15) is 0 Å². The molecule has 1 unspecified atom stereocenters. The molecule has 0 amide bonds. The monoisotopic (exact) mass is 205 g/mol. The molecule has 0 saturated carbocycles. The summed E-state index contributed by atoms with van der Waals surface area (Å²) in [6, 6.07) is 4.67. The molecule has 0 radical (unpaired) electrons. The van der Waals surface area contributed by atoms with Crippen molar-refractivity contribution < 1.29 is 9.47 Å². The van der Waals surface area contributed by atoms with Crippen molar-refractivity contribution in [2.75, 3.05) is 20.4 Å². The maximum atomic E-state index is 5.54. The van der Waals surface area contributed by atoms with Crippen LogP contribution in [0.25, 0.3) is 0 Å². The molecule has 2 aliphatic heterocycles. The number of nitrogens with zero attached hydrogens (tertiary/aromatic N) is 1. The van der Waals surface area contributed by atoms with Gasteiger partial charge >= 0.3 is 0 Å². The highest BCUT2D eigenvalue weighted by Gasteiger charge is 2.27. The Kier molecular flexibility index (Phi) is 1.89. The lowest BCUT2D eigenvalue weighted by Crippen LogP contribution is -2.30. The average Bonchev–Trinajstić information content (AvgIpc) is 2.71. The molecule has 0 fully saturated rings. The second-order valence-electron chi connectivity index (χ2n) is 4.27. The van der Waals surface area contributed by atoms with Crippen LogP contribution in [0, 0.1) is 0 Å². The standard InChI is InChI=1S/C12H15NO2/c1-8-9-3-4-11-12(15-7-14-11)10(9)5-6-13(8)2/h3-4,8H,5-7H2,1-2H3. The number of benzene rings is 1. The summed E-state index contributed by atoms with van der Waals surface area (Å²) in [4.78, 5) is 2.37. The summed E-state index contributed by atoms with van der Waals surface area (Å²) in [5, 5.41) is 0. The summed E-state index contributed by atoms with van der Waals surface area (Å²) in [6.45, 7) is 3.70. The van der Waals surface area contributed by atoms with E-state index in [9.17, 15) is 0 Å². The Morgan fingerprint density at radius 3 is 3.07 bits per heavy atom. The number of ether oxygens (including phenoxy) is 2. The Bertz CT molecular complexity index is 403. The van der Waals surface area contributed by atoms with Crippen LogP contribution >= 0.6 is 0 Å². The molecule has 0 N–H and O–H groups in total. The highest BCUT2D eigenvalue weighted by molar-refractivity contribution is 5.53. The van der Waals surface area contributed by atoms with E-state index in [0.29, 0.717) is 12.8 Å². The Balaban J connectivity index is 2.13. The zero-order valence-corrected chi connectivity index (χ0v) is 9.12. The van der Waals surface area contributed by atoms with E-state index >= 15 is 0 Å². The number of fused-ring (bicyclic) bond motifs is 3. The maximum Gasteiger partial charge on any atom is 0.231 e. The van der Waals surface area contributed by atoms with E-state index in [1.54, 1.807) is 0 Å². The summed E-state index contributed by atoms with van der Waals surface area (Å²) in [7, 11) is 2.16. The van der Waals surface area contributed by atoms with Crippen LogP contribution in [-0.2, 0) is 6.42 Å². The van der Waals surface area contributed by atoms with Crippen LogP contribution < -0.4 is 9.47 Å². The minimum Gasteiger partial charge on any atom is -0.454 e. The lowest BCUT2D eigenvalue weighted by molar-refractivity contribution is 0.172. The number of hydrogen-bond donors (Lipinski definition) is 0. The first kappa shape index (κ1) is 9.04. The van der Waals surface area contributed by atoms with Crippen LogP contribution in [0.15, 0.2) is 12.1 Å². The zero-order chi connectivity index (χ0) is 10.4. The van der Waals surface area contributed by atoms with Crippen molar-refractivity contribution in [1.29, 1.82) is 0 Å². The number of likely N-dealkylation sites (N-methyl/N-ethyl adjacent to an activating group) is 1. The molecule has 0 saturated heterocycles. The number of rotatable bonds is 0. The molecule has 2 heterocycles. The van der Waals surface area contributed by atoms with Crippen LogP contribution in [-0.4, -0.2) is 25.3 Å². The zero-order valence-electron chi connectivity index (χ0n) is 9.12. The fraction of sp³-hybridized carbons (Fsp3) is 0.500. The Morgan fingerprint density at radius 1 is 1.33 bits per heavy atom. The van der Waals surface area contributed by atoms with Gasteiger partial charge in [-0.15, -0.1) is 0 Å². The van der Waals surface area contributed by atoms with E-state index in [0.717, 1.165) is 24.5 Å². The molecule has 3 rings (SSSR count). The summed E-state index contributed by atoms with van der Waals surface area (Å²) in [5.74, 6) is 1.89. The predicted molar refractivity (Wildman–Crippen MR) is 57.3 cm³/mol. The van der Waals surface area contributed by atoms with Gasteiger partial charge in [0, 0.05) is 18.2 Å². The lowest BCUT2D eigenvalue weighted by Gasteiger charge is -2.32. The second kappa shape index (κ2) is 3.14. The van der Waals surface area contributed by atoms with Gasteiger partial charge in [0.15, 0.2) is 11.5 Å². The van der Waals surface area contributed by atoms with Crippen molar-refractivity contribution in [1.82, 2.24) is 4.90 Å². The van der Waals surface area contributed by atoms with Gasteiger partial charge in [0.05, 0.1) is 0 Å². The Labute approximate surface area is 89.6 Å². The summed E-state index contributed by atoms with van der Waals surface area (Å²) < 4.78 is 10.9. The Hall–Kier alpha value is -1.22. The van der Waals surface area contributed by atoms with Crippen molar-refractivity contribution in [2.45, 2.75) is 19.4 Å². The molecule has 0 aromatic heterocycles. The topological polar surface area (TPSA) is 21.7 Å². The van der Waals surface area contributed by atoms with Crippen molar-refractivity contribution in [2.24, 2.45) is 0 Å². The fourth-order valence-electron chi connectivity index (χ4n) is 2.41. The Morgan fingerprint density at radius 2 is 2.20 bits per heavy atom. The van der Waals surface area contributed by atoms with Crippen LogP contribution in [0.1, 0.15) is 24.1 Å². The third-order valence-corrected chi connectivity index (χ3v) is 3.50. The normalized spacial score (nSPS) is 24.0. The van der Waals surface area contributed by atoms with Crippen LogP contribution in [0.4, 0.5) is 0 Å². The molecule has 3 heteroatoms. The van der Waals surface area contributed by atoms with Gasteiger partial charge in [-0.05, 0) is 32.0 Å². The summed E-state index contributed by atoms with van der Waals surface area (Å²) >= 11 is 0. The molecular formula is C12H15NO2. The molecule has 15 heavy (non-hydrogen) atoms. The third-order valence-electron chi connectivity index (χ3n) is 3.50. The molecule has 1 aromatic carbocycles. The molecule has 0 spiro atoms. The van der Waals surface area contributed by atoms with Gasteiger partial charge in [0.25, 0.3) is 0 Å². The third kappa shape index (κ3) is 1.23. The first-order chi connectivity index (χ1) is 7.27. The number of hydrogen-bond acceptors (Lipinski definition) is 3. The minimum atomic E-state index is 0.371. The van der Waals surface area contributed by atoms with Crippen molar-refractivity contribution in [3.05, 3.63) is 23.3 Å². The van der Waals surface area contributed by atoms with Gasteiger partial charge in [-0.3, -0.25) is 4.90 Å². The van der Waals surface area contributed by atoms with E-state index in [4.69, 9.17) is 9.47 Å². The molecule has 0 bridgehead atoms. The van der Waals surface area contributed by atoms with Crippen LogP contribution in [0.3, 0.4) is 0 Å². The molecule has 80 valence electrons. The van der Waals surface area contributed by atoms with E-state index in [-0.39, 0.29) is 0 Å². The smallest absolute Gasteiger partial charge is 0.231 e. The van der Waals surface area contributed by atoms with Gasteiger partial charge in [0.2, 0.25) is 6.79 Å². The van der Waals surface area contributed by atoms with E-state index in [1.165, 1.54) is 11.1 Å². The fourth-order valence-corrected chi connectivity index (χ4v) is 2.41. The quantitative estimate of drug-likeness (QED) is 0.646. The summed E-state index contributed by atoms with van der Waals surface area (Å²) in [6.07, 6.45) is 1.06. The molecule has 2 aliphatic rings. The van der Waals surface area contributed by atoms with Crippen LogP contribution in [0.2, 0.25) is 0 Å². The lowest BCUT2D eigenvalue weighted by atomic mass is 9.93. The second-order valence-corrected chi connectivity index (χ2v) is 4.27. The first-order valence-corrected chi connectivity index (χ1v) is 5.39. The van der Waals surface area contributed by atoms with Crippen molar-refractivity contribution in [3.8, 4) is 11.5 Å². The molecule has 1 atom stereocenters. The molecule has 1 aromatic rings. The molecule has 0 aliphatic carbocycles.